The Morgan fingerprint density at radius 1 is 1.44 bits per heavy atom. The Kier molecular flexibility index (Phi) is 5.10. The lowest BCUT2D eigenvalue weighted by atomic mass is 10.0. The third-order valence-electron chi connectivity index (χ3n) is 3.76. The van der Waals surface area contributed by atoms with Crippen molar-refractivity contribution in [2.45, 2.75) is 25.9 Å². The van der Waals surface area contributed by atoms with Gasteiger partial charge in [0.05, 0.1) is 11.6 Å². The highest BCUT2D eigenvalue weighted by Crippen LogP contribution is 2.30. The van der Waals surface area contributed by atoms with E-state index in [4.69, 9.17) is 4.74 Å². The van der Waals surface area contributed by atoms with Gasteiger partial charge in [0, 0.05) is 17.9 Å². The van der Waals surface area contributed by atoms with Gasteiger partial charge < -0.3 is 4.74 Å². The molecule has 0 amide bonds. The number of ether oxygens (including phenoxy) is 1. The van der Waals surface area contributed by atoms with Gasteiger partial charge in [0.1, 0.15) is 5.75 Å². The molecule has 0 bridgehead atoms. The fourth-order valence-corrected chi connectivity index (χ4v) is 4.21. The molecule has 2 unspecified atom stereocenters. The minimum absolute atomic E-state index is 0.658. The molecule has 0 radical (unpaired) electrons. The molecule has 0 saturated carbocycles. The molecule has 1 aliphatic rings. The van der Waals surface area contributed by atoms with Crippen molar-refractivity contribution in [2.75, 3.05) is 19.0 Å². The number of halogens is 2. The van der Waals surface area contributed by atoms with E-state index in [1.807, 2.05) is 6.07 Å². The molecule has 1 fully saturated rings. The molecular weight excluding hydrogens is 358 g/mol. The van der Waals surface area contributed by atoms with E-state index in [1.54, 1.807) is 7.11 Å². The third kappa shape index (κ3) is 3.09. The predicted octanol–water partition coefficient (Wildman–Crippen LogP) is 4.06. The Labute approximate surface area is 126 Å². The van der Waals surface area contributed by atoms with Crippen LogP contribution in [0, 0.1) is 5.92 Å². The first-order valence-corrected chi connectivity index (χ1v) is 8.19. The number of nitrogens with zero attached hydrogens (tertiary/aromatic N) is 1. The maximum atomic E-state index is 5.26. The first-order chi connectivity index (χ1) is 8.65. The number of benzene rings is 1. The second-order valence-corrected chi connectivity index (χ2v) is 6.43. The summed E-state index contributed by atoms with van der Waals surface area (Å²) in [5.74, 6) is 1.68. The standard InChI is InChI=1S/C14H19Br2NO/c1-10-5-6-17(13(10)8-15)9-11-3-4-14(18-2)12(16)7-11/h3-4,7,10,13H,5-6,8-9H2,1-2H3. The Morgan fingerprint density at radius 3 is 2.83 bits per heavy atom. The largest absolute Gasteiger partial charge is 0.496 e. The number of rotatable bonds is 4. The quantitative estimate of drug-likeness (QED) is 0.734. The van der Waals surface area contributed by atoms with E-state index in [2.05, 4.69) is 55.8 Å². The van der Waals surface area contributed by atoms with Crippen molar-refractivity contribution in [1.82, 2.24) is 4.90 Å². The lowest BCUT2D eigenvalue weighted by molar-refractivity contribution is 0.244. The van der Waals surface area contributed by atoms with E-state index in [1.165, 1.54) is 18.5 Å². The van der Waals surface area contributed by atoms with Gasteiger partial charge in [-0.2, -0.15) is 0 Å². The van der Waals surface area contributed by atoms with Crippen LogP contribution < -0.4 is 4.74 Å². The molecule has 1 aromatic carbocycles. The molecule has 4 heteroatoms. The van der Waals surface area contributed by atoms with Gasteiger partial charge in [0.15, 0.2) is 0 Å². The molecule has 0 N–H and O–H groups in total. The zero-order valence-electron chi connectivity index (χ0n) is 10.8. The molecule has 2 nitrogen and oxygen atoms in total. The SMILES string of the molecule is COc1ccc(CN2CCC(C)C2CBr)cc1Br. The highest BCUT2D eigenvalue weighted by atomic mass is 79.9. The van der Waals surface area contributed by atoms with Gasteiger partial charge in [-0.25, -0.2) is 0 Å². The van der Waals surface area contributed by atoms with Gasteiger partial charge in [-0.3, -0.25) is 4.90 Å². The zero-order valence-corrected chi connectivity index (χ0v) is 14.0. The monoisotopic (exact) mass is 375 g/mol. The van der Waals surface area contributed by atoms with Crippen LogP contribution in [0.25, 0.3) is 0 Å². The first-order valence-electron chi connectivity index (χ1n) is 6.28. The number of likely N-dealkylation sites (tertiary alicyclic amines) is 1. The summed E-state index contributed by atoms with van der Waals surface area (Å²) >= 11 is 7.18. The number of hydrogen-bond donors (Lipinski definition) is 0. The maximum absolute atomic E-state index is 5.26. The van der Waals surface area contributed by atoms with E-state index in [9.17, 15) is 0 Å². The van der Waals surface area contributed by atoms with Crippen LogP contribution in [0.15, 0.2) is 22.7 Å². The minimum atomic E-state index is 0.658. The Bertz CT molecular complexity index is 411. The van der Waals surface area contributed by atoms with E-state index in [-0.39, 0.29) is 0 Å². The topological polar surface area (TPSA) is 12.5 Å². The van der Waals surface area contributed by atoms with Crippen molar-refractivity contribution in [2.24, 2.45) is 5.92 Å². The van der Waals surface area contributed by atoms with Crippen molar-refractivity contribution in [3.8, 4) is 5.75 Å². The Balaban J connectivity index is 2.07. The van der Waals surface area contributed by atoms with Crippen molar-refractivity contribution in [3.63, 3.8) is 0 Å². The van der Waals surface area contributed by atoms with Crippen LogP contribution in [0.3, 0.4) is 0 Å². The van der Waals surface area contributed by atoms with Crippen molar-refractivity contribution in [1.29, 1.82) is 0 Å². The highest BCUT2D eigenvalue weighted by molar-refractivity contribution is 9.10. The number of methoxy groups -OCH3 is 1. The summed E-state index contributed by atoms with van der Waals surface area (Å²) in [6.45, 7) is 4.56. The first kappa shape index (κ1) is 14.4. The molecule has 0 aromatic heterocycles. The van der Waals surface area contributed by atoms with Crippen molar-refractivity contribution in [3.05, 3.63) is 28.2 Å². The van der Waals surface area contributed by atoms with Crippen molar-refractivity contribution < 1.29 is 4.74 Å². The molecule has 18 heavy (non-hydrogen) atoms. The lowest BCUT2D eigenvalue weighted by Crippen LogP contribution is -2.32. The normalized spacial score (nSPS) is 24.4. The predicted molar refractivity (Wildman–Crippen MR) is 82.5 cm³/mol. The zero-order chi connectivity index (χ0) is 13.1. The Morgan fingerprint density at radius 2 is 2.22 bits per heavy atom. The summed E-state index contributed by atoms with van der Waals surface area (Å²) in [5, 5.41) is 1.06. The van der Waals surface area contributed by atoms with Crippen LogP contribution in [0.2, 0.25) is 0 Å². The highest BCUT2D eigenvalue weighted by Gasteiger charge is 2.29. The van der Waals surface area contributed by atoms with Crippen LogP contribution in [0.1, 0.15) is 18.9 Å². The molecule has 2 atom stereocenters. The molecule has 100 valence electrons. The van der Waals surface area contributed by atoms with Gasteiger partial charge in [-0.15, -0.1) is 0 Å². The molecular formula is C14H19Br2NO. The van der Waals surface area contributed by atoms with Gasteiger partial charge in [-0.1, -0.05) is 28.9 Å². The second-order valence-electron chi connectivity index (χ2n) is 4.93. The molecule has 1 heterocycles. The summed E-state index contributed by atoms with van der Waals surface area (Å²) in [7, 11) is 1.70. The smallest absolute Gasteiger partial charge is 0.133 e. The summed E-state index contributed by atoms with van der Waals surface area (Å²) in [4.78, 5) is 2.56. The summed E-state index contributed by atoms with van der Waals surface area (Å²) in [6, 6.07) is 7.00. The summed E-state index contributed by atoms with van der Waals surface area (Å²) in [5.41, 5.74) is 1.34. The van der Waals surface area contributed by atoms with Crippen LogP contribution in [0.5, 0.6) is 5.75 Å². The number of hydrogen-bond acceptors (Lipinski definition) is 2. The van der Waals surface area contributed by atoms with Gasteiger partial charge in [0.25, 0.3) is 0 Å². The van der Waals surface area contributed by atoms with Crippen LogP contribution in [-0.4, -0.2) is 29.9 Å². The fraction of sp³-hybridized carbons (Fsp3) is 0.571. The third-order valence-corrected chi connectivity index (χ3v) is 5.04. The minimum Gasteiger partial charge on any atom is -0.496 e. The summed E-state index contributed by atoms with van der Waals surface area (Å²) < 4.78 is 6.29. The molecule has 1 aromatic rings. The average molecular weight is 377 g/mol. The number of alkyl halides is 1. The Hall–Kier alpha value is -0.0600. The van der Waals surface area contributed by atoms with Gasteiger partial charge >= 0.3 is 0 Å². The second kappa shape index (κ2) is 6.40. The summed E-state index contributed by atoms with van der Waals surface area (Å²) in [6.07, 6.45) is 1.30. The van der Waals surface area contributed by atoms with E-state index in [0.717, 1.165) is 28.0 Å². The average Bonchev–Trinajstić information content (AvgIpc) is 2.70. The molecule has 0 spiro atoms. The van der Waals surface area contributed by atoms with Crippen LogP contribution in [-0.2, 0) is 6.54 Å². The molecule has 2 rings (SSSR count). The van der Waals surface area contributed by atoms with Gasteiger partial charge in [0.2, 0.25) is 0 Å². The molecule has 0 aliphatic carbocycles. The van der Waals surface area contributed by atoms with E-state index in [0.29, 0.717) is 6.04 Å². The van der Waals surface area contributed by atoms with E-state index >= 15 is 0 Å². The van der Waals surface area contributed by atoms with Crippen LogP contribution in [0.4, 0.5) is 0 Å². The van der Waals surface area contributed by atoms with E-state index < -0.39 is 0 Å². The van der Waals surface area contributed by atoms with Gasteiger partial charge in [-0.05, 0) is 52.5 Å². The van der Waals surface area contributed by atoms with Crippen LogP contribution >= 0.6 is 31.9 Å². The molecule has 1 saturated heterocycles. The maximum Gasteiger partial charge on any atom is 0.133 e. The van der Waals surface area contributed by atoms with Crippen molar-refractivity contribution >= 4 is 31.9 Å². The molecule has 1 aliphatic heterocycles. The fourth-order valence-electron chi connectivity index (χ4n) is 2.58. The lowest BCUT2D eigenvalue weighted by Gasteiger charge is -2.25.